The van der Waals surface area contributed by atoms with E-state index in [0.29, 0.717) is 15.5 Å². The Morgan fingerprint density at radius 3 is 2.29 bits per heavy atom. The van der Waals surface area contributed by atoms with Crippen molar-refractivity contribution in [3.8, 4) is 0 Å². The number of nitrogens with one attached hydrogen (secondary N) is 2. The van der Waals surface area contributed by atoms with Crippen LogP contribution in [0.2, 0.25) is 0 Å². The van der Waals surface area contributed by atoms with E-state index in [-0.39, 0.29) is 11.5 Å². The first-order valence-electron chi connectivity index (χ1n) is 5.96. The summed E-state index contributed by atoms with van der Waals surface area (Å²) < 4.78 is 14.5. The van der Waals surface area contributed by atoms with Crippen molar-refractivity contribution >= 4 is 54.5 Å². The van der Waals surface area contributed by atoms with E-state index in [9.17, 15) is 9.18 Å². The van der Waals surface area contributed by atoms with Gasteiger partial charge in [0.25, 0.3) is 0 Å². The molecule has 0 bridgehead atoms. The topological polar surface area (TPSA) is 48.6 Å². The number of imidazole rings is 1. The van der Waals surface area contributed by atoms with E-state index in [1.54, 1.807) is 18.2 Å². The van der Waals surface area contributed by atoms with Gasteiger partial charge in [-0.3, -0.25) is 0 Å². The van der Waals surface area contributed by atoms with Crippen molar-refractivity contribution in [3.63, 3.8) is 0 Å². The Bertz CT molecular complexity index is 890. The molecule has 0 spiro atoms. The number of halogens is 4. The predicted octanol–water partition coefficient (Wildman–Crippen LogP) is 4.85. The molecule has 2 aromatic carbocycles. The third-order valence-electron chi connectivity index (χ3n) is 3.14. The number of hydrogen-bond acceptors (Lipinski definition) is 1. The molecule has 21 heavy (non-hydrogen) atoms. The number of aromatic nitrogens is 2. The third kappa shape index (κ3) is 2.80. The van der Waals surface area contributed by atoms with Crippen LogP contribution in [0.4, 0.5) is 4.39 Å². The second-order valence-electron chi connectivity index (χ2n) is 4.53. The lowest BCUT2D eigenvalue weighted by Crippen LogP contribution is -1.99. The van der Waals surface area contributed by atoms with Crippen LogP contribution in [-0.2, 0) is 0 Å². The Morgan fingerprint density at radius 2 is 1.62 bits per heavy atom. The molecule has 0 saturated carbocycles. The van der Waals surface area contributed by atoms with Crippen LogP contribution in [0, 0.1) is 5.82 Å². The maximum Gasteiger partial charge on any atom is 0.323 e. The van der Waals surface area contributed by atoms with Crippen molar-refractivity contribution in [3.05, 3.63) is 66.7 Å². The fraction of sp³-hybridized carbons (Fsp3) is 0.0714. The van der Waals surface area contributed by atoms with Gasteiger partial charge in [-0.05, 0) is 35.4 Å². The zero-order chi connectivity index (χ0) is 15.1. The highest BCUT2D eigenvalue weighted by molar-refractivity contribution is 9.10. The average Bonchev–Trinajstić information content (AvgIpc) is 2.76. The number of alkyl halides is 1. The Hall–Kier alpha value is -1.11. The summed E-state index contributed by atoms with van der Waals surface area (Å²) in [4.78, 5) is 16.7. The first-order chi connectivity index (χ1) is 9.95. The molecule has 3 aromatic rings. The molecule has 3 nitrogen and oxygen atoms in total. The molecule has 0 fully saturated rings. The molecule has 0 saturated heterocycles. The lowest BCUT2D eigenvalue weighted by atomic mass is 10.0. The third-order valence-corrected chi connectivity index (χ3v) is 4.99. The number of aromatic amines is 2. The van der Waals surface area contributed by atoms with Gasteiger partial charge < -0.3 is 9.97 Å². The molecule has 0 amide bonds. The Labute approximate surface area is 140 Å². The van der Waals surface area contributed by atoms with Crippen molar-refractivity contribution in [1.82, 2.24) is 9.97 Å². The minimum atomic E-state index is -0.489. The van der Waals surface area contributed by atoms with Crippen LogP contribution in [-0.4, -0.2) is 9.97 Å². The maximum absolute atomic E-state index is 13.2. The molecule has 0 radical (unpaired) electrons. The van der Waals surface area contributed by atoms with Gasteiger partial charge in [0.1, 0.15) is 5.82 Å². The summed E-state index contributed by atoms with van der Waals surface area (Å²) in [5.74, 6) is -0.334. The van der Waals surface area contributed by atoms with Crippen LogP contribution < -0.4 is 5.69 Å². The standard InChI is InChI=1S/C14H8Br2ClFN2O/c15-9-3-6(18)1-2-7(9)13(17)8-4-11-12(5-10(8)16)20-14(21)19-11/h1-5,13H,(H2,19,20,21). The highest BCUT2D eigenvalue weighted by atomic mass is 79.9. The van der Waals surface area contributed by atoms with Crippen LogP contribution in [0.1, 0.15) is 16.5 Å². The van der Waals surface area contributed by atoms with Gasteiger partial charge in [0, 0.05) is 8.95 Å². The van der Waals surface area contributed by atoms with Gasteiger partial charge in [-0.2, -0.15) is 0 Å². The van der Waals surface area contributed by atoms with Crippen molar-refractivity contribution in [2.24, 2.45) is 0 Å². The van der Waals surface area contributed by atoms with Crippen LogP contribution >= 0.6 is 43.5 Å². The highest BCUT2D eigenvalue weighted by Crippen LogP contribution is 2.38. The first kappa shape index (κ1) is 14.8. The van der Waals surface area contributed by atoms with Gasteiger partial charge in [0.05, 0.1) is 16.4 Å². The summed E-state index contributed by atoms with van der Waals surface area (Å²) >= 11 is 13.3. The van der Waals surface area contributed by atoms with E-state index in [2.05, 4.69) is 41.8 Å². The number of fused-ring (bicyclic) bond motifs is 1. The molecular formula is C14H8Br2ClFN2O. The molecule has 0 aliphatic carbocycles. The fourth-order valence-corrected chi connectivity index (χ4v) is 3.93. The zero-order valence-corrected chi connectivity index (χ0v) is 14.3. The van der Waals surface area contributed by atoms with E-state index in [0.717, 1.165) is 15.6 Å². The van der Waals surface area contributed by atoms with E-state index < -0.39 is 5.38 Å². The molecule has 3 rings (SSSR count). The number of rotatable bonds is 2. The molecule has 1 aromatic heterocycles. The van der Waals surface area contributed by atoms with Crippen molar-refractivity contribution in [2.45, 2.75) is 5.38 Å². The fourth-order valence-electron chi connectivity index (χ4n) is 2.14. The van der Waals surface area contributed by atoms with Crippen molar-refractivity contribution < 1.29 is 4.39 Å². The average molecular weight is 434 g/mol. The largest absolute Gasteiger partial charge is 0.323 e. The molecule has 1 unspecified atom stereocenters. The Kier molecular flexibility index (Phi) is 3.94. The van der Waals surface area contributed by atoms with Gasteiger partial charge in [0.15, 0.2) is 0 Å². The summed E-state index contributed by atoms with van der Waals surface area (Å²) in [5, 5.41) is -0.489. The molecule has 1 heterocycles. The molecular weight excluding hydrogens is 426 g/mol. The van der Waals surface area contributed by atoms with Crippen LogP contribution in [0.3, 0.4) is 0 Å². The molecule has 7 heteroatoms. The minimum Gasteiger partial charge on any atom is -0.306 e. The second kappa shape index (κ2) is 5.59. The summed E-state index contributed by atoms with van der Waals surface area (Å²) in [7, 11) is 0. The summed E-state index contributed by atoms with van der Waals surface area (Å²) in [6.07, 6.45) is 0. The zero-order valence-electron chi connectivity index (χ0n) is 10.4. The maximum atomic E-state index is 13.2. The Morgan fingerprint density at radius 1 is 1.00 bits per heavy atom. The SMILES string of the molecule is O=c1[nH]c2cc(Br)c(C(Cl)c3ccc(F)cc3Br)cc2[nH]1. The number of H-pyrrole nitrogens is 2. The van der Waals surface area contributed by atoms with Crippen LogP contribution in [0.25, 0.3) is 11.0 Å². The molecule has 0 aliphatic rings. The monoisotopic (exact) mass is 432 g/mol. The second-order valence-corrected chi connectivity index (χ2v) is 6.67. The van der Waals surface area contributed by atoms with E-state index in [1.807, 2.05) is 0 Å². The van der Waals surface area contributed by atoms with Crippen molar-refractivity contribution in [2.75, 3.05) is 0 Å². The molecule has 0 aliphatic heterocycles. The van der Waals surface area contributed by atoms with E-state index in [1.165, 1.54) is 12.1 Å². The number of hydrogen-bond donors (Lipinski definition) is 2. The summed E-state index contributed by atoms with van der Waals surface area (Å²) in [6, 6.07) is 7.95. The minimum absolute atomic E-state index is 0.275. The van der Waals surface area contributed by atoms with Gasteiger partial charge in [-0.25, -0.2) is 9.18 Å². The lowest BCUT2D eigenvalue weighted by Gasteiger charge is -2.14. The summed E-state index contributed by atoms with van der Waals surface area (Å²) in [6.45, 7) is 0. The predicted molar refractivity (Wildman–Crippen MR) is 88.4 cm³/mol. The first-order valence-corrected chi connectivity index (χ1v) is 7.98. The van der Waals surface area contributed by atoms with Crippen molar-refractivity contribution in [1.29, 1.82) is 0 Å². The number of benzene rings is 2. The summed E-state index contributed by atoms with van der Waals surface area (Å²) in [5.41, 5.74) is 2.62. The van der Waals surface area contributed by atoms with Crippen LogP contribution in [0.5, 0.6) is 0 Å². The molecule has 2 N–H and O–H groups in total. The smallest absolute Gasteiger partial charge is 0.306 e. The molecule has 1 atom stereocenters. The van der Waals surface area contributed by atoms with E-state index in [4.69, 9.17) is 11.6 Å². The quantitative estimate of drug-likeness (QED) is 0.557. The lowest BCUT2D eigenvalue weighted by molar-refractivity contribution is 0.626. The van der Waals surface area contributed by atoms with E-state index >= 15 is 0 Å². The normalized spacial score (nSPS) is 12.8. The van der Waals surface area contributed by atoms with Crippen LogP contribution in [0.15, 0.2) is 44.1 Å². The van der Waals surface area contributed by atoms with Gasteiger partial charge >= 0.3 is 5.69 Å². The van der Waals surface area contributed by atoms with Gasteiger partial charge in [-0.15, -0.1) is 11.6 Å². The molecule has 108 valence electrons. The Balaban J connectivity index is 2.14. The van der Waals surface area contributed by atoms with Gasteiger partial charge in [0.2, 0.25) is 0 Å². The van der Waals surface area contributed by atoms with Gasteiger partial charge in [-0.1, -0.05) is 37.9 Å². The highest BCUT2D eigenvalue weighted by Gasteiger charge is 2.18.